The van der Waals surface area contributed by atoms with Crippen molar-refractivity contribution in [1.82, 2.24) is 29.5 Å². The van der Waals surface area contributed by atoms with E-state index in [9.17, 15) is 0 Å². The van der Waals surface area contributed by atoms with Gasteiger partial charge in [-0.2, -0.15) is 22.9 Å². The molecule has 0 bridgehead atoms. The van der Waals surface area contributed by atoms with Crippen LogP contribution in [0.3, 0.4) is 0 Å². The maximum Gasteiger partial charge on any atom is 2.00 e. The van der Waals surface area contributed by atoms with Gasteiger partial charge >= 0.3 is 40.8 Å². The van der Waals surface area contributed by atoms with E-state index in [-0.39, 0.29) is 40.8 Å². The molecule has 8 nitrogen and oxygen atoms in total. The average molecular weight is 946 g/mol. The Bertz CT molecular complexity index is 2850. The number of hydrogen-bond acceptors (Lipinski definition) is 7. The van der Waals surface area contributed by atoms with Gasteiger partial charge in [-0.05, 0) is 45.8 Å². The number of rotatable bonds is 9. The molecule has 286 valence electrons. The van der Waals surface area contributed by atoms with E-state index in [1.54, 1.807) is 0 Å². The molecule has 10 aromatic rings. The van der Waals surface area contributed by atoms with Gasteiger partial charge in [-0.3, -0.25) is 0 Å². The monoisotopic (exact) mass is 944 g/mol. The van der Waals surface area contributed by atoms with Gasteiger partial charge < -0.3 is 24.0 Å². The maximum absolute atomic E-state index is 6.38. The molecule has 0 amide bonds. The van der Waals surface area contributed by atoms with Crippen LogP contribution in [0.5, 0.6) is 23.0 Å². The van der Waals surface area contributed by atoms with Crippen molar-refractivity contribution in [3.8, 4) is 73.7 Å². The topological polar surface area (TPSA) is 87.8 Å². The quantitative estimate of drug-likeness (QED) is 0.105. The Morgan fingerprint density at radius 2 is 0.864 bits per heavy atom. The van der Waals surface area contributed by atoms with Crippen LogP contribution >= 0.6 is 0 Å². The van der Waals surface area contributed by atoms with Crippen molar-refractivity contribution < 1.29 is 50.3 Å². The Balaban J connectivity index is 0.00000242. The van der Waals surface area contributed by atoms with Crippen molar-refractivity contribution in [2.75, 3.05) is 0 Å². The van der Waals surface area contributed by atoms with Crippen LogP contribution in [0.2, 0.25) is 0 Å². The summed E-state index contributed by atoms with van der Waals surface area (Å²) in [5, 5.41) is 1.83. The van der Waals surface area contributed by atoms with E-state index in [1.165, 1.54) is 12.7 Å². The summed E-state index contributed by atoms with van der Waals surface area (Å²) in [6.45, 7) is 0. The first-order valence-electron chi connectivity index (χ1n) is 18.2. The maximum atomic E-state index is 6.38. The van der Waals surface area contributed by atoms with E-state index < -0.39 is 0 Å². The van der Waals surface area contributed by atoms with Crippen LogP contribution in [0.1, 0.15) is 0 Å². The Hall–Kier alpha value is -6.65. The minimum Gasteiger partial charge on any atom is -0.503 e. The molecular formula is C49H28N6O2Pd2. The Morgan fingerprint density at radius 1 is 0.407 bits per heavy atom. The molecule has 0 aliphatic heterocycles. The molecule has 0 N–H and O–H groups in total. The molecule has 0 aliphatic rings. The predicted octanol–water partition coefficient (Wildman–Crippen LogP) is 11.2. The van der Waals surface area contributed by atoms with Crippen LogP contribution in [0.15, 0.2) is 171 Å². The number of benzene rings is 6. The molecule has 0 saturated heterocycles. The summed E-state index contributed by atoms with van der Waals surface area (Å²) in [5.41, 5.74) is 9.00. The van der Waals surface area contributed by atoms with Crippen LogP contribution in [0.4, 0.5) is 0 Å². The summed E-state index contributed by atoms with van der Waals surface area (Å²) in [7, 11) is 0. The molecule has 0 unspecified atom stereocenters. The SMILES string of the molecule is [Pd+2].[Pd+2].[c-]1c(Oc2[c-]c3c(cc2)c2ccc(Oc4[c-]c(-c5cc(-c6ccccc6)ccn5)ccc4)[c-]c2n3-c2ncncn2)cccc1-c1cc(-c2ccccc2)ccn1. The predicted molar refractivity (Wildman–Crippen MR) is 220 cm³/mol. The molecule has 59 heavy (non-hydrogen) atoms. The van der Waals surface area contributed by atoms with Crippen LogP contribution in [0.25, 0.3) is 72.5 Å². The van der Waals surface area contributed by atoms with Crippen LogP contribution in [-0.2, 0) is 40.8 Å². The molecule has 0 aliphatic carbocycles. The van der Waals surface area contributed by atoms with Crippen molar-refractivity contribution in [2.24, 2.45) is 0 Å². The van der Waals surface area contributed by atoms with Crippen LogP contribution in [-0.4, -0.2) is 29.5 Å². The molecule has 4 heterocycles. The number of nitrogens with zero attached hydrogens (tertiary/aromatic N) is 6. The number of ether oxygens (including phenoxy) is 2. The van der Waals surface area contributed by atoms with Gasteiger partial charge in [0.15, 0.2) is 0 Å². The summed E-state index contributed by atoms with van der Waals surface area (Å²) in [4.78, 5) is 22.3. The minimum atomic E-state index is 0. The van der Waals surface area contributed by atoms with Crippen molar-refractivity contribution in [3.63, 3.8) is 0 Å². The fraction of sp³-hybridized carbons (Fsp3) is 0. The normalized spacial score (nSPS) is 10.8. The fourth-order valence-corrected chi connectivity index (χ4v) is 6.82. The summed E-state index contributed by atoms with van der Waals surface area (Å²) in [5.74, 6) is 2.45. The zero-order valence-corrected chi connectivity index (χ0v) is 33.9. The zero-order valence-electron chi connectivity index (χ0n) is 30.8. The number of hydrogen-bond donors (Lipinski definition) is 0. The zero-order chi connectivity index (χ0) is 38.0. The van der Waals surface area contributed by atoms with Gasteiger partial charge in [0.25, 0.3) is 0 Å². The molecule has 6 aromatic carbocycles. The standard InChI is InChI=1S/C49H28N6O2.2Pd/c1-3-9-33(10-4-1)35-21-23-51-45(27-35)37-13-7-15-39(25-37)56-41-17-19-43-44-20-18-42(30-48(44)55(47(43)29-41)49-53-31-50-32-54-49)57-40-16-8-14-38(26-40)46-28-36(22-24-52-46)34-11-5-2-6-12-34;;/h1-24,27-28,31-32H;;/q-4;2*+2. The first-order chi connectivity index (χ1) is 28.2. The summed E-state index contributed by atoms with van der Waals surface area (Å²) in [6.07, 6.45) is 6.55. The smallest absolute Gasteiger partial charge is 0.503 e. The molecule has 0 fully saturated rings. The number of aromatic nitrogens is 6. The third-order valence-electron chi connectivity index (χ3n) is 9.48. The van der Waals surface area contributed by atoms with E-state index in [1.807, 2.05) is 126 Å². The molecule has 10 rings (SSSR count). The molecule has 0 saturated carbocycles. The van der Waals surface area contributed by atoms with Gasteiger partial charge in [0, 0.05) is 35.4 Å². The van der Waals surface area contributed by atoms with Gasteiger partial charge in [0.05, 0.1) is 0 Å². The molecule has 0 radical (unpaired) electrons. The first-order valence-corrected chi connectivity index (χ1v) is 18.2. The van der Waals surface area contributed by atoms with Crippen molar-refractivity contribution >= 4 is 21.8 Å². The van der Waals surface area contributed by atoms with Gasteiger partial charge in [-0.1, -0.05) is 96.0 Å². The van der Waals surface area contributed by atoms with Gasteiger partial charge in [0.1, 0.15) is 12.7 Å². The van der Waals surface area contributed by atoms with Crippen molar-refractivity contribution in [1.29, 1.82) is 0 Å². The molecule has 0 spiro atoms. The van der Waals surface area contributed by atoms with Crippen LogP contribution < -0.4 is 9.47 Å². The third-order valence-corrected chi connectivity index (χ3v) is 9.48. The van der Waals surface area contributed by atoms with Gasteiger partial charge in [-0.25, -0.2) is 15.0 Å². The van der Waals surface area contributed by atoms with E-state index in [4.69, 9.17) is 9.47 Å². The van der Waals surface area contributed by atoms with E-state index in [2.05, 4.69) is 85.6 Å². The molecule has 10 heteroatoms. The van der Waals surface area contributed by atoms with E-state index in [0.717, 1.165) is 55.5 Å². The van der Waals surface area contributed by atoms with Crippen molar-refractivity contribution in [3.05, 3.63) is 195 Å². The third kappa shape index (κ3) is 8.22. The van der Waals surface area contributed by atoms with E-state index >= 15 is 0 Å². The fourth-order valence-electron chi connectivity index (χ4n) is 6.82. The number of fused-ring (bicyclic) bond motifs is 3. The van der Waals surface area contributed by atoms with Crippen LogP contribution in [0, 0.1) is 24.3 Å². The summed E-state index contributed by atoms with van der Waals surface area (Å²) >= 11 is 0. The second-order valence-electron chi connectivity index (χ2n) is 13.1. The second kappa shape index (κ2) is 17.5. The minimum absolute atomic E-state index is 0. The van der Waals surface area contributed by atoms with Crippen molar-refractivity contribution in [2.45, 2.75) is 0 Å². The Kier molecular flexibility index (Phi) is 11.6. The molecule has 0 atom stereocenters. The first kappa shape index (κ1) is 39.2. The van der Waals surface area contributed by atoms with E-state index in [0.29, 0.717) is 40.0 Å². The summed E-state index contributed by atoms with van der Waals surface area (Å²) < 4.78 is 14.6. The Morgan fingerprint density at radius 3 is 1.34 bits per heavy atom. The largest absolute Gasteiger partial charge is 2.00 e. The molecular weight excluding hydrogens is 917 g/mol. The van der Waals surface area contributed by atoms with Gasteiger partial charge in [-0.15, -0.1) is 71.8 Å². The summed E-state index contributed by atoms with van der Waals surface area (Å²) in [6, 6.07) is 61.6. The molecule has 4 aromatic heterocycles. The number of pyridine rings is 2. The van der Waals surface area contributed by atoms with Gasteiger partial charge in [0.2, 0.25) is 5.95 Å². The average Bonchev–Trinajstić information content (AvgIpc) is 3.60. The second-order valence-corrected chi connectivity index (χ2v) is 13.1. The Labute approximate surface area is 367 Å².